The van der Waals surface area contributed by atoms with Gasteiger partial charge in [-0.2, -0.15) is 0 Å². The van der Waals surface area contributed by atoms with Crippen LogP contribution in [0.5, 0.6) is 0 Å². The van der Waals surface area contributed by atoms with Crippen molar-refractivity contribution in [3.63, 3.8) is 0 Å². The highest BCUT2D eigenvalue weighted by Crippen LogP contribution is 2.11. The van der Waals surface area contributed by atoms with Crippen LogP contribution < -0.4 is 10.6 Å². The van der Waals surface area contributed by atoms with Crippen LogP contribution in [0.1, 0.15) is 11.3 Å². The molecule has 1 aromatic heterocycles. The Morgan fingerprint density at radius 3 is 2.42 bits per heavy atom. The number of aryl methyl sites for hydroxylation is 2. The van der Waals surface area contributed by atoms with Gasteiger partial charge in [-0.05, 0) is 55.8 Å². The molecule has 19 heavy (non-hydrogen) atoms. The van der Waals surface area contributed by atoms with E-state index in [2.05, 4.69) is 15.6 Å². The Bertz CT molecular complexity index is 576. The summed E-state index contributed by atoms with van der Waals surface area (Å²) in [6.45, 7) is 3.79. The molecule has 0 atom stereocenters. The summed E-state index contributed by atoms with van der Waals surface area (Å²) in [5, 5.41) is 5.23. The third-order valence-electron chi connectivity index (χ3n) is 2.44. The lowest BCUT2D eigenvalue weighted by molar-refractivity contribution is 0.262. The van der Waals surface area contributed by atoms with Crippen molar-refractivity contribution in [1.29, 1.82) is 0 Å². The summed E-state index contributed by atoms with van der Waals surface area (Å²) in [7, 11) is 0. The molecule has 2 N–H and O–H groups in total. The minimum atomic E-state index is -0.413. The molecule has 0 saturated carbocycles. The van der Waals surface area contributed by atoms with Crippen LogP contribution in [0.4, 0.5) is 20.7 Å². The number of urea groups is 1. The number of aromatic nitrogens is 1. The predicted octanol–water partition coefficient (Wildman–Crippen LogP) is 3.48. The van der Waals surface area contributed by atoms with Crippen molar-refractivity contribution in [2.75, 3.05) is 10.6 Å². The Morgan fingerprint density at radius 2 is 1.79 bits per heavy atom. The van der Waals surface area contributed by atoms with Crippen LogP contribution in [-0.2, 0) is 0 Å². The molecule has 98 valence electrons. The molecule has 2 aromatic rings. The SMILES string of the molecule is Cc1cc(C)nc(NC(=O)Nc2ccc(F)cc2)c1. The van der Waals surface area contributed by atoms with Crippen molar-refractivity contribution in [3.05, 3.63) is 53.5 Å². The highest BCUT2D eigenvalue weighted by molar-refractivity contribution is 5.99. The van der Waals surface area contributed by atoms with Gasteiger partial charge in [-0.3, -0.25) is 5.32 Å². The van der Waals surface area contributed by atoms with Crippen molar-refractivity contribution in [1.82, 2.24) is 4.98 Å². The average Bonchev–Trinajstić information content (AvgIpc) is 2.30. The zero-order valence-corrected chi connectivity index (χ0v) is 10.7. The molecule has 0 fully saturated rings. The molecule has 2 amide bonds. The number of nitrogens with one attached hydrogen (secondary N) is 2. The lowest BCUT2D eigenvalue weighted by Crippen LogP contribution is -2.20. The van der Waals surface area contributed by atoms with E-state index in [1.807, 2.05) is 19.9 Å². The first-order chi connectivity index (χ1) is 9.02. The first-order valence-electron chi connectivity index (χ1n) is 5.82. The van der Waals surface area contributed by atoms with Crippen molar-refractivity contribution in [2.24, 2.45) is 0 Å². The smallest absolute Gasteiger partial charge is 0.308 e. The number of halogens is 1. The highest BCUT2D eigenvalue weighted by atomic mass is 19.1. The topological polar surface area (TPSA) is 54.0 Å². The molecular formula is C14H14FN3O. The third-order valence-corrected chi connectivity index (χ3v) is 2.44. The second-order valence-electron chi connectivity index (χ2n) is 4.26. The second kappa shape index (κ2) is 5.48. The van der Waals surface area contributed by atoms with E-state index < -0.39 is 6.03 Å². The fourth-order valence-electron chi connectivity index (χ4n) is 1.72. The number of rotatable bonds is 2. The van der Waals surface area contributed by atoms with Gasteiger partial charge in [0, 0.05) is 11.4 Å². The van der Waals surface area contributed by atoms with Crippen LogP contribution >= 0.6 is 0 Å². The van der Waals surface area contributed by atoms with Crippen molar-refractivity contribution in [3.8, 4) is 0 Å². The van der Waals surface area contributed by atoms with E-state index >= 15 is 0 Å². The van der Waals surface area contributed by atoms with Gasteiger partial charge < -0.3 is 5.32 Å². The fraction of sp³-hybridized carbons (Fsp3) is 0.143. The van der Waals surface area contributed by atoms with E-state index in [0.29, 0.717) is 11.5 Å². The third kappa shape index (κ3) is 3.77. The van der Waals surface area contributed by atoms with Crippen LogP contribution in [0.2, 0.25) is 0 Å². The molecule has 0 unspecified atom stereocenters. The molecular weight excluding hydrogens is 245 g/mol. The summed E-state index contributed by atoms with van der Waals surface area (Å²) in [4.78, 5) is 15.9. The summed E-state index contributed by atoms with van der Waals surface area (Å²) in [6, 6.07) is 8.83. The first-order valence-corrected chi connectivity index (χ1v) is 5.82. The predicted molar refractivity (Wildman–Crippen MR) is 72.8 cm³/mol. The Labute approximate surface area is 110 Å². The monoisotopic (exact) mass is 259 g/mol. The van der Waals surface area contributed by atoms with Crippen LogP contribution in [0.25, 0.3) is 0 Å². The minimum Gasteiger partial charge on any atom is -0.308 e. The van der Waals surface area contributed by atoms with E-state index in [-0.39, 0.29) is 5.82 Å². The number of amides is 2. The van der Waals surface area contributed by atoms with Gasteiger partial charge >= 0.3 is 6.03 Å². The number of hydrogen-bond acceptors (Lipinski definition) is 2. The zero-order valence-electron chi connectivity index (χ0n) is 10.7. The average molecular weight is 259 g/mol. The quantitative estimate of drug-likeness (QED) is 0.867. The summed E-state index contributed by atoms with van der Waals surface area (Å²) in [5.74, 6) is 0.138. The van der Waals surface area contributed by atoms with Gasteiger partial charge in [0.25, 0.3) is 0 Å². The van der Waals surface area contributed by atoms with E-state index in [0.717, 1.165) is 11.3 Å². The number of carbonyl (C=O) groups excluding carboxylic acids is 1. The molecule has 0 aliphatic rings. The molecule has 5 heteroatoms. The number of carbonyl (C=O) groups is 1. The number of anilines is 2. The highest BCUT2D eigenvalue weighted by Gasteiger charge is 2.04. The molecule has 4 nitrogen and oxygen atoms in total. The molecule has 0 aliphatic carbocycles. The maximum atomic E-state index is 12.7. The van der Waals surface area contributed by atoms with Gasteiger partial charge in [0.05, 0.1) is 0 Å². The van der Waals surface area contributed by atoms with Gasteiger partial charge in [0.2, 0.25) is 0 Å². The van der Waals surface area contributed by atoms with Crippen LogP contribution in [0.3, 0.4) is 0 Å². The molecule has 1 heterocycles. The lowest BCUT2D eigenvalue weighted by atomic mass is 10.2. The largest absolute Gasteiger partial charge is 0.324 e. The number of hydrogen-bond donors (Lipinski definition) is 2. The molecule has 0 bridgehead atoms. The molecule has 2 rings (SSSR count). The summed E-state index contributed by atoms with van der Waals surface area (Å²) < 4.78 is 12.7. The maximum absolute atomic E-state index is 12.7. The van der Waals surface area contributed by atoms with Crippen molar-refractivity contribution in [2.45, 2.75) is 13.8 Å². The van der Waals surface area contributed by atoms with E-state index in [9.17, 15) is 9.18 Å². The van der Waals surface area contributed by atoms with Gasteiger partial charge in [0.15, 0.2) is 0 Å². The Morgan fingerprint density at radius 1 is 1.11 bits per heavy atom. The summed E-state index contributed by atoms with van der Waals surface area (Å²) >= 11 is 0. The van der Waals surface area contributed by atoms with E-state index in [1.165, 1.54) is 24.3 Å². The lowest BCUT2D eigenvalue weighted by Gasteiger charge is -2.08. The van der Waals surface area contributed by atoms with Gasteiger partial charge in [-0.15, -0.1) is 0 Å². The van der Waals surface area contributed by atoms with Crippen molar-refractivity contribution < 1.29 is 9.18 Å². The van der Waals surface area contributed by atoms with E-state index in [1.54, 1.807) is 6.07 Å². The van der Waals surface area contributed by atoms with E-state index in [4.69, 9.17) is 0 Å². The van der Waals surface area contributed by atoms with Gasteiger partial charge in [-0.1, -0.05) is 0 Å². The zero-order chi connectivity index (χ0) is 13.8. The Balaban J connectivity index is 2.03. The van der Waals surface area contributed by atoms with Crippen molar-refractivity contribution >= 4 is 17.5 Å². The molecule has 0 spiro atoms. The van der Waals surface area contributed by atoms with Crippen LogP contribution in [0.15, 0.2) is 36.4 Å². The standard InChI is InChI=1S/C14H14FN3O/c1-9-7-10(2)16-13(8-9)18-14(19)17-12-5-3-11(15)4-6-12/h3-8H,1-2H3,(H2,16,17,18,19). The fourth-order valence-corrected chi connectivity index (χ4v) is 1.72. The normalized spacial score (nSPS) is 10.1. The maximum Gasteiger partial charge on any atom is 0.324 e. The molecule has 0 radical (unpaired) electrons. The van der Waals surface area contributed by atoms with Crippen LogP contribution in [0, 0.1) is 19.7 Å². The first kappa shape index (κ1) is 13.0. The summed E-state index contributed by atoms with van der Waals surface area (Å²) in [5.41, 5.74) is 2.37. The molecule has 0 saturated heterocycles. The Hall–Kier alpha value is -2.43. The number of nitrogens with zero attached hydrogens (tertiary/aromatic N) is 1. The minimum absolute atomic E-state index is 0.345. The van der Waals surface area contributed by atoms with Gasteiger partial charge in [0.1, 0.15) is 11.6 Å². The van der Waals surface area contributed by atoms with Crippen LogP contribution in [-0.4, -0.2) is 11.0 Å². The number of pyridine rings is 1. The number of benzene rings is 1. The summed E-state index contributed by atoms with van der Waals surface area (Å²) in [6.07, 6.45) is 0. The Kier molecular flexibility index (Phi) is 3.75. The van der Waals surface area contributed by atoms with Gasteiger partial charge in [-0.25, -0.2) is 14.2 Å². The molecule has 0 aliphatic heterocycles. The second-order valence-corrected chi connectivity index (χ2v) is 4.26. The molecule has 1 aromatic carbocycles.